The highest BCUT2D eigenvalue weighted by molar-refractivity contribution is 7.92. The molecule has 1 amide bonds. The molecule has 0 unspecified atom stereocenters. The van der Waals surface area contributed by atoms with Gasteiger partial charge in [-0.3, -0.25) is 19.2 Å². The summed E-state index contributed by atoms with van der Waals surface area (Å²) >= 11 is 0. The van der Waals surface area contributed by atoms with Crippen LogP contribution in [0, 0.1) is 17.0 Å². The lowest BCUT2D eigenvalue weighted by Crippen LogP contribution is -2.34. The Morgan fingerprint density at radius 3 is 2.63 bits per heavy atom. The maximum absolute atomic E-state index is 12.5. The molecule has 3 rings (SSSR count). The lowest BCUT2D eigenvalue weighted by atomic mass is 10.0. The first-order valence-electron chi connectivity index (χ1n) is 8.34. The zero-order valence-corrected chi connectivity index (χ0v) is 15.7. The van der Waals surface area contributed by atoms with Gasteiger partial charge in [-0.1, -0.05) is 12.1 Å². The smallest absolute Gasteiger partial charge is 0.273 e. The van der Waals surface area contributed by atoms with Crippen molar-refractivity contribution in [3.05, 3.63) is 63.2 Å². The van der Waals surface area contributed by atoms with Crippen LogP contribution in [-0.2, 0) is 16.4 Å². The molecule has 0 saturated heterocycles. The van der Waals surface area contributed by atoms with Crippen molar-refractivity contribution < 1.29 is 18.1 Å². The van der Waals surface area contributed by atoms with Crippen molar-refractivity contribution in [2.24, 2.45) is 0 Å². The number of anilines is 2. The Kier molecular flexibility index (Phi) is 4.88. The second-order valence-corrected chi connectivity index (χ2v) is 8.40. The van der Waals surface area contributed by atoms with Gasteiger partial charge >= 0.3 is 0 Å². The molecule has 1 aliphatic rings. The van der Waals surface area contributed by atoms with Gasteiger partial charge in [-0.2, -0.15) is 0 Å². The van der Waals surface area contributed by atoms with Gasteiger partial charge in [0.2, 0.25) is 10.0 Å². The number of sulfonamides is 1. The van der Waals surface area contributed by atoms with E-state index in [-0.39, 0.29) is 11.3 Å². The molecule has 27 heavy (non-hydrogen) atoms. The number of nitrogens with one attached hydrogen (secondary N) is 1. The quantitative estimate of drug-likeness (QED) is 0.639. The molecule has 1 N–H and O–H groups in total. The molecule has 0 atom stereocenters. The minimum Gasteiger partial charge on any atom is -0.322 e. The minimum absolute atomic E-state index is 0.128. The van der Waals surface area contributed by atoms with E-state index in [1.54, 1.807) is 25.1 Å². The predicted octanol–water partition coefficient (Wildman–Crippen LogP) is 2.87. The average Bonchev–Trinajstić information content (AvgIpc) is 2.60. The van der Waals surface area contributed by atoms with Gasteiger partial charge in [0, 0.05) is 29.4 Å². The number of carbonyl (C=O) groups excluding carboxylic acids is 1. The maximum atomic E-state index is 12.5. The molecule has 0 saturated carbocycles. The molecular formula is C18H19N3O5S. The second kappa shape index (κ2) is 6.99. The van der Waals surface area contributed by atoms with E-state index in [0.717, 1.165) is 24.7 Å². The first kappa shape index (κ1) is 18.8. The topological polar surface area (TPSA) is 110 Å². The number of rotatable bonds is 4. The van der Waals surface area contributed by atoms with Crippen molar-refractivity contribution in [2.75, 3.05) is 22.4 Å². The van der Waals surface area contributed by atoms with E-state index in [0.29, 0.717) is 23.5 Å². The standard InChI is InChI=1S/C18H19N3O5S/c1-12-5-6-14(10-16(12)21(23)24)18(22)19-15-8-7-13-4-3-9-20(17(13)11-15)27(2,25)26/h5-8,10-11H,3-4,9H2,1-2H3,(H,19,22). The number of benzene rings is 2. The first-order chi connectivity index (χ1) is 12.7. The Balaban J connectivity index is 1.90. The summed E-state index contributed by atoms with van der Waals surface area (Å²) in [5.41, 5.74) is 2.38. The number of aryl methyl sites for hydroxylation is 2. The van der Waals surface area contributed by atoms with Crippen LogP contribution in [0.5, 0.6) is 0 Å². The van der Waals surface area contributed by atoms with Gasteiger partial charge in [-0.15, -0.1) is 0 Å². The molecule has 2 aromatic rings. The molecule has 1 heterocycles. The molecule has 2 aromatic carbocycles. The van der Waals surface area contributed by atoms with Crippen LogP contribution in [-0.4, -0.2) is 32.0 Å². The van der Waals surface area contributed by atoms with Gasteiger partial charge in [-0.05, 0) is 43.5 Å². The van der Waals surface area contributed by atoms with Crippen LogP contribution >= 0.6 is 0 Å². The third kappa shape index (κ3) is 3.92. The normalized spacial score (nSPS) is 13.8. The van der Waals surface area contributed by atoms with Crippen molar-refractivity contribution in [1.29, 1.82) is 0 Å². The number of amides is 1. The van der Waals surface area contributed by atoms with E-state index in [1.165, 1.54) is 22.5 Å². The van der Waals surface area contributed by atoms with Crippen molar-refractivity contribution in [3.8, 4) is 0 Å². The number of hydrogen-bond donors (Lipinski definition) is 1. The number of fused-ring (bicyclic) bond motifs is 1. The van der Waals surface area contributed by atoms with Gasteiger partial charge < -0.3 is 5.32 Å². The lowest BCUT2D eigenvalue weighted by molar-refractivity contribution is -0.385. The van der Waals surface area contributed by atoms with E-state index >= 15 is 0 Å². The predicted molar refractivity (Wildman–Crippen MR) is 103 cm³/mol. The summed E-state index contributed by atoms with van der Waals surface area (Å²) in [7, 11) is -3.41. The highest BCUT2D eigenvalue weighted by Crippen LogP contribution is 2.32. The number of nitrogens with zero attached hydrogens (tertiary/aromatic N) is 2. The van der Waals surface area contributed by atoms with Crippen LogP contribution in [0.2, 0.25) is 0 Å². The molecule has 142 valence electrons. The molecule has 9 heteroatoms. The molecule has 0 fully saturated rings. The van der Waals surface area contributed by atoms with E-state index in [2.05, 4.69) is 5.32 Å². The minimum atomic E-state index is -3.41. The van der Waals surface area contributed by atoms with Gasteiger partial charge in [0.1, 0.15) is 0 Å². The van der Waals surface area contributed by atoms with Crippen molar-refractivity contribution in [3.63, 3.8) is 0 Å². The summed E-state index contributed by atoms with van der Waals surface area (Å²) in [6.45, 7) is 2.00. The van der Waals surface area contributed by atoms with Gasteiger partial charge in [0.25, 0.3) is 11.6 Å². The zero-order valence-electron chi connectivity index (χ0n) is 14.9. The lowest BCUT2D eigenvalue weighted by Gasteiger charge is -2.29. The highest BCUT2D eigenvalue weighted by atomic mass is 32.2. The van der Waals surface area contributed by atoms with Crippen molar-refractivity contribution in [2.45, 2.75) is 19.8 Å². The summed E-state index contributed by atoms with van der Waals surface area (Å²) < 4.78 is 25.4. The van der Waals surface area contributed by atoms with Gasteiger partial charge in [-0.25, -0.2) is 8.42 Å². The number of carbonyl (C=O) groups is 1. The monoisotopic (exact) mass is 389 g/mol. The van der Waals surface area contributed by atoms with E-state index in [4.69, 9.17) is 0 Å². The number of nitro groups is 1. The van der Waals surface area contributed by atoms with Crippen LogP contribution in [0.3, 0.4) is 0 Å². The van der Waals surface area contributed by atoms with Gasteiger partial charge in [0.15, 0.2) is 0 Å². The van der Waals surface area contributed by atoms with Crippen LogP contribution in [0.4, 0.5) is 17.1 Å². The van der Waals surface area contributed by atoms with Crippen LogP contribution in [0.1, 0.15) is 27.9 Å². The van der Waals surface area contributed by atoms with E-state index in [1.807, 2.05) is 0 Å². The fourth-order valence-corrected chi connectivity index (χ4v) is 4.10. The van der Waals surface area contributed by atoms with E-state index in [9.17, 15) is 23.3 Å². The maximum Gasteiger partial charge on any atom is 0.273 e. The number of nitro benzene ring substituents is 1. The van der Waals surface area contributed by atoms with E-state index < -0.39 is 20.9 Å². The Morgan fingerprint density at radius 1 is 1.22 bits per heavy atom. The highest BCUT2D eigenvalue weighted by Gasteiger charge is 2.24. The molecule has 0 aliphatic carbocycles. The summed E-state index contributed by atoms with van der Waals surface area (Å²) in [4.78, 5) is 23.0. The molecule has 1 aliphatic heterocycles. The Morgan fingerprint density at radius 2 is 1.96 bits per heavy atom. The summed E-state index contributed by atoms with van der Waals surface area (Å²) in [5.74, 6) is -0.500. The summed E-state index contributed by atoms with van der Waals surface area (Å²) in [6, 6.07) is 9.37. The molecular weight excluding hydrogens is 370 g/mol. The van der Waals surface area contributed by atoms with Crippen molar-refractivity contribution >= 4 is 33.0 Å². The molecule has 0 aromatic heterocycles. The molecule has 8 nitrogen and oxygen atoms in total. The van der Waals surface area contributed by atoms with Crippen LogP contribution < -0.4 is 9.62 Å². The summed E-state index contributed by atoms with van der Waals surface area (Å²) in [5, 5.41) is 13.7. The molecule has 0 radical (unpaired) electrons. The SMILES string of the molecule is Cc1ccc(C(=O)Nc2ccc3c(c2)N(S(C)(=O)=O)CCC3)cc1[N+](=O)[O-]. The average molecular weight is 389 g/mol. The van der Waals surface area contributed by atoms with Crippen molar-refractivity contribution in [1.82, 2.24) is 0 Å². The fourth-order valence-electron chi connectivity index (χ4n) is 3.11. The Hall–Kier alpha value is -2.94. The second-order valence-electron chi connectivity index (χ2n) is 6.49. The Labute approximate surface area is 157 Å². The molecule has 0 bridgehead atoms. The third-order valence-electron chi connectivity index (χ3n) is 4.49. The first-order valence-corrected chi connectivity index (χ1v) is 10.2. The van der Waals surface area contributed by atoms with Crippen LogP contribution in [0.25, 0.3) is 0 Å². The summed E-state index contributed by atoms with van der Waals surface area (Å²) in [6.07, 6.45) is 2.65. The molecule has 0 spiro atoms. The zero-order chi connectivity index (χ0) is 19.8. The van der Waals surface area contributed by atoms with Gasteiger partial charge in [0.05, 0.1) is 16.9 Å². The largest absolute Gasteiger partial charge is 0.322 e. The Bertz CT molecular complexity index is 1030. The fraction of sp³-hybridized carbons (Fsp3) is 0.278. The third-order valence-corrected chi connectivity index (χ3v) is 5.67. The number of hydrogen-bond acceptors (Lipinski definition) is 5. The van der Waals surface area contributed by atoms with Crippen LogP contribution in [0.15, 0.2) is 36.4 Å².